The molecule has 23 heavy (non-hydrogen) atoms. The number of anilines is 1. The Labute approximate surface area is 138 Å². The molecule has 0 unspecified atom stereocenters. The first-order valence-corrected chi connectivity index (χ1v) is 8.20. The molecule has 0 aliphatic carbocycles. The van der Waals surface area contributed by atoms with Crippen molar-refractivity contribution in [2.45, 2.75) is 25.4 Å². The molecule has 0 amide bonds. The van der Waals surface area contributed by atoms with Gasteiger partial charge in [-0.15, -0.1) is 0 Å². The molecule has 3 aromatic heterocycles. The maximum Gasteiger partial charge on any atom is 0.226 e. The van der Waals surface area contributed by atoms with E-state index in [9.17, 15) is 0 Å². The number of hydrogen-bond donors (Lipinski definition) is 2. The van der Waals surface area contributed by atoms with Crippen molar-refractivity contribution >= 4 is 28.5 Å². The molecule has 0 radical (unpaired) electrons. The van der Waals surface area contributed by atoms with Crippen molar-refractivity contribution in [3.05, 3.63) is 41.7 Å². The van der Waals surface area contributed by atoms with Crippen molar-refractivity contribution in [1.82, 2.24) is 19.9 Å². The smallest absolute Gasteiger partial charge is 0.226 e. The van der Waals surface area contributed by atoms with Crippen LogP contribution < -0.4 is 10.6 Å². The normalized spacial score (nSPS) is 16.0. The van der Waals surface area contributed by atoms with Crippen molar-refractivity contribution in [3.63, 3.8) is 0 Å². The van der Waals surface area contributed by atoms with Crippen LogP contribution >= 0.6 is 11.6 Å². The van der Waals surface area contributed by atoms with E-state index in [2.05, 4.69) is 37.4 Å². The zero-order chi connectivity index (χ0) is 15.6. The Morgan fingerprint density at radius 1 is 1.30 bits per heavy atom. The molecule has 0 aromatic carbocycles. The lowest BCUT2D eigenvalue weighted by atomic mass is 10.1. The van der Waals surface area contributed by atoms with Crippen molar-refractivity contribution in [2.24, 2.45) is 0 Å². The molecule has 1 aliphatic heterocycles. The summed E-state index contributed by atoms with van der Waals surface area (Å²) in [5.41, 5.74) is 0.888. The lowest BCUT2D eigenvalue weighted by Crippen LogP contribution is -2.29. The van der Waals surface area contributed by atoms with Gasteiger partial charge in [-0.05, 0) is 55.7 Å². The highest BCUT2D eigenvalue weighted by atomic mass is 35.5. The molecular weight excluding hydrogens is 314 g/mol. The van der Waals surface area contributed by atoms with Crippen LogP contribution in [0.15, 0.2) is 35.1 Å². The predicted octanol–water partition coefficient (Wildman–Crippen LogP) is 3.21. The van der Waals surface area contributed by atoms with Gasteiger partial charge < -0.3 is 19.6 Å². The molecule has 0 saturated carbocycles. The number of aromatic nitrogens is 3. The summed E-state index contributed by atoms with van der Waals surface area (Å²) >= 11 is 6.14. The van der Waals surface area contributed by atoms with Crippen LogP contribution in [-0.2, 0) is 6.54 Å². The summed E-state index contributed by atoms with van der Waals surface area (Å²) in [5, 5.41) is 7.92. The minimum absolute atomic E-state index is 0.258. The van der Waals surface area contributed by atoms with Gasteiger partial charge in [0.15, 0.2) is 0 Å². The van der Waals surface area contributed by atoms with Gasteiger partial charge in [0.25, 0.3) is 0 Å². The van der Waals surface area contributed by atoms with Gasteiger partial charge in [0, 0.05) is 12.2 Å². The minimum Gasteiger partial charge on any atom is -0.467 e. The molecule has 6 nitrogen and oxygen atoms in total. The predicted molar refractivity (Wildman–Crippen MR) is 89.7 cm³/mol. The summed E-state index contributed by atoms with van der Waals surface area (Å²) in [7, 11) is 0. The van der Waals surface area contributed by atoms with E-state index in [1.165, 1.54) is 0 Å². The Kier molecular flexibility index (Phi) is 3.93. The Balaban J connectivity index is 1.66. The Morgan fingerprint density at radius 2 is 2.17 bits per heavy atom. The summed E-state index contributed by atoms with van der Waals surface area (Å²) in [5.74, 6) is 1.59. The van der Waals surface area contributed by atoms with E-state index in [0.29, 0.717) is 12.6 Å². The molecule has 0 spiro atoms. The van der Waals surface area contributed by atoms with Crippen LogP contribution in [0.5, 0.6) is 0 Å². The maximum absolute atomic E-state index is 6.14. The number of fused-ring (bicyclic) bond motifs is 1. The van der Waals surface area contributed by atoms with Gasteiger partial charge in [0.1, 0.15) is 17.2 Å². The van der Waals surface area contributed by atoms with E-state index in [4.69, 9.17) is 16.0 Å². The number of nitrogens with one attached hydrogen (secondary N) is 2. The molecule has 1 saturated heterocycles. The summed E-state index contributed by atoms with van der Waals surface area (Å²) in [6, 6.07) is 6.30. The topological polar surface area (TPSA) is 67.9 Å². The molecule has 0 bridgehead atoms. The highest BCUT2D eigenvalue weighted by Gasteiger charge is 2.19. The van der Waals surface area contributed by atoms with Crippen LogP contribution in [0.25, 0.3) is 11.0 Å². The van der Waals surface area contributed by atoms with E-state index in [0.717, 1.165) is 48.5 Å². The fourth-order valence-electron chi connectivity index (χ4n) is 3.10. The third-order valence-electron chi connectivity index (χ3n) is 4.26. The highest BCUT2D eigenvalue weighted by molar-refractivity contribution is 6.28. The molecule has 7 heteroatoms. The van der Waals surface area contributed by atoms with Crippen molar-refractivity contribution in [2.75, 3.05) is 18.4 Å². The van der Waals surface area contributed by atoms with Crippen LogP contribution in [0.2, 0.25) is 5.28 Å². The lowest BCUT2D eigenvalue weighted by molar-refractivity contribution is 0.375. The molecule has 3 aromatic rings. The van der Waals surface area contributed by atoms with Crippen LogP contribution in [0.3, 0.4) is 0 Å². The van der Waals surface area contributed by atoms with Gasteiger partial charge in [-0.25, -0.2) is 4.98 Å². The van der Waals surface area contributed by atoms with E-state index >= 15 is 0 Å². The quantitative estimate of drug-likeness (QED) is 0.718. The third-order valence-corrected chi connectivity index (χ3v) is 4.43. The van der Waals surface area contributed by atoms with Crippen LogP contribution in [0.1, 0.15) is 24.6 Å². The average Bonchev–Trinajstić information content (AvgIpc) is 3.23. The highest BCUT2D eigenvalue weighted by Crippen LogP contribution is 2.29. The van der Waals surface area contributed by atoms with E-state index < -0.39 is 0 Å². The number of nitrogens with zero attached hydrogens (tertiary/aromatic N) is 3. The third kappa shape index (κ3) is 2.92. The number of furan rings is 1. The van der Waals surface area contributed by atoms with Crippen LogP contribution in [-0.4, -0.2) is 27.6 Å². The first kappa shape index (κ1) is 14.5. The van der Waals surface area contributed by atoms with Crippen LogP contribution in [0.4, 0.5) is 5.82 Å². The minimum atomic E-state index is 0.258. The second-order valence-corrected chi connectivity index (χ2v) is 6.05. The molecular formula is C16H18ClN5O. The molecule has 4 heterocycles. The van der Waals surface area contributed by atoms with Crippen molar-refractivity contribution in [3.8, 4) is 0 Å². The van der Waals surface area contributed by atoms with Crippen molar-refractivity contribution in [1.29, 1.82) is 0 Å². The maximum atomic E-state index is 6.14. The molecule has 4 rings (SSSR count). The molecule has 1 aliphatic rings. The summed E-state index contributed by atoms with van der Waals surface area (Å²) in [4.78, 5) is 8.78. The fourth-order valence-corrected chi connectivity index (χ4v) is 3.27. The lowest BCUT2D eigenvalue weighted by Gasteiger charge is -2.24. The number of rotatable bonds is 4. The molecule has 120 valence electrons. The summed E-state index contributed by atoms with van der Waals surface area (Å²) < 4.78 is 7.57. The zero-order valence-electron chi connectivity index (χ0n) is 12.6. The largest absolute Gasteiger partial charge is 0.467 e. The van der Waals surface area contributed by atoms with E-state index in [-0.39, 0.29) is 5.28 Å². The van der Waals surface area contributed by atoms with Crippen molar-refractivity contribution < 1.29 is 4.42 Å². The summed E-state index contributed by atoms with van der Waals surface area (Å²) in [6.45, 7) is 2.63. The van der Waals surface area contributed by atoms with Gasteiger partial charge in [0.2, 0.25) is 5.28 Å². The second-order valence-electron chi connectivity index (χ2n) is 5.72. The number of piperidine rings is 1. The monoisotopic (exact) mass is 331 g/mol. The Morgan fingerprint density at radius 3 is 2.96 bits per heavy atom. The van der Waals surface area contributed by atoms with Gasteiger partial charge >= 0.3 is 0 Å². The van der Waals surface area contributed by atoms with Gasteiger partial charge in [0.05, 0.1) is 18.2 Å². The second kappa shape index (κ2) is 6.22. The first-order chi connectivity index (χ1) is 11.3. The molecule has 0 atom stereocenters. The fraction of sp³-hybridized carbons (Fsp3) is 0.375. The van der Waals surface area contributed by atoms with E-state index in [1.54, 1.807) is 6.26 Å². The Hall–Kier alpha value is -2.05. The summed E-state index contributed by atoms with van der Waals surface area (Å²) in [6.07, 6.45) is 5.94. The molecule has 2 N–H and O–H groups in total. The average molecular weight is 332 g/mol. The first-order valence-electron chi connectivity index (χ1n) is 7.82. The van der Waals surface area contributed by atoms with Gasteiger partial charge in [-0.1, -0.05) is 0 Å². The van der Waals surface area contributed by atoms with Gasteiger partial charge in [-0.3, -0.25) is 0 Å². The SMILES string of the molecule is Clc1nc(NCc2ccco2)c2ccn(C3CCNCC3)c2n1. The zero-order valence-corrected chi connectivity index (χ0v) is 13.4. The van der Waals surface area contributed by atoms with Gasteiger partial charge in [-0.2, -0.15) is 4.98 Å². The number of halogens is 1. The molecule has 1 fully saturated rings. The Bertz CT molecular complexity index is 792. The standard InChI is InChI=1S/C16H18ClN5O/c17-16-20-14(19-10-12-2-1-9-23-12)13-5-8-22(15(13)21-16)11-3-6-18-7-4-11/h1-2,5,8-9,11,18H,3-4,6-7,10H2,(H,19,20,21). The van der Waals surface area contributed by atoms with E-state index in [1.807, 2.05) is 12.1 Å². The number of hydrogen-bond acceptors (Lipinski definition) is 5. The van der Waals surface area contributed by atoms with Crippen LogP contribution in [0, 0.1) is 0 Å².